The second-order valence-corrected chi connectivity index (χ2v) is 5.06. The molecule has 84 valence electrons. The highest BCUT2D eigenvalue weighted by atomic mass is 79.9. The van der Waals surface area contributed by atoms with Crippen molar-refractivity contribution in [3.63, 3.8) is 0 Å². The van der Waals surface area contributed by atoms with Gasteiger partial charge in [0.15, 0.2) is 0 Å². The van der Waals surface area contributed by atoms with E-state index in [-0.39, 0.29) is 0 Å². The molecule has 2 aromatic rings. The number of hydrogen-bond acceptors (Lipinski definition) is 3. The van der Waals surface area contributed by atoms with Crippen molar-refractivity contribution in [2.45, 2.75) is 6.92 Å². The molecule has 2 heterocycles. The Morgan fingerprint density at radius 3 is 2.62 bits per heavy atom. The highest BCUT2D eigenvalue weighted by Crippen LogP contribution is 2.29. The lowest BCUT2D eigenvalue weighted by Gasteiger charge is -2.06. The van der Waals surface area contributed by atoms with Crippen LogP contribution in [0.25, 0.3) is 0 Å². The third-order valence-electron chi connectivity index (χ3n) is 1.93. The van der Waals surface area contributed by atoms with Crippen LogP contribution >= 0.6 is 31.9 Å². The van der Waals surface area contributed by atoms with Crippen LogP contribution in [0.15, 0.2) is 27.3 Å². The molecule has 4 nitrogen and oxygen atoms in total. The Morgan fingerprint density at radius 1 is 1.31 bits per heavy atom. The van der Waals surface area contributed by atoms with Crippen LogP contribution in [-0.2, 0) is 7.05 Å². The minimum atomic E-state index is 0.520. The van der Waals surface area contributed by atoms with Crippen molar-refractivity contribution in [2.24, 2.45) is 7.05 Å². The Morgan fingerprint density at radius 2 is 2.06 bits per heavy atom. The summed E-state index contributed by atoms with van der Waals surface area (Å²) >= 11 is 6.72. The van der Waals surface area contributed by atoms with Gasteiger partial charge < -0.3 is 4.74 Å². The average molecular weight is 347 g/mol. The molecule has 0 spiro atoms. The lowest BCUT2D eigenvalue weighted by Crippen LogP contribution is -1.96. The third kappa shape index (κ3) is 2.44. The summed E-state index contributed by atoms with van der Waals surface area (Å²) in [6.45, 7) is 1.91. The molecule has 2 rings (SSSR count). The van der Waals surface area contributed by atoms with Gasteiger partial charge in [-0.3, -0.25) is 0 Å². The van der Waals surface area contributed by atoms with Gasteiger partial charge in [-0.2, -0.15) is 5.10 Å². The van der Waals surface area contributed by atoms with Gasteiger partial charge in [-0.15, -0.1) is 0 Å². The molecule has 0 unspecified atom stereocenters. The van der Waals surface area contributed by atoms with Gasteiger partial charge in [-0.25, -0.2) is 9.67 Å². The second-order valence-electron chi connectivity index (χ2n) is 3.29. The molecule has 6 heteroatoms. The Bertz CT molecular complexity index is 525. The number of halogens is 2. The number of aryl methyl sites for hydroxylation is 2. The first-order chi connectivity index (χ1) is 7.56. The molecular weight excluding hydrogens is 338 g/mol. The van der Waals surface area contributed by atoms with Gasteiger partial charge >= 0.3 is 0 Å². The van der Waals surface area contributed by atoms with E-state index in [0.29, 0.717) is 11.8 Å². The minimum absolute atomic E-state index is 0.520. The number of pyridine rings is 1. The number of nitrogens with zero attached hydrogens (tertiary/aromatic N) is 3. The summed E-state index contributed by atoms with van der Waals surface area (Å²) in [5.41, 5.74) is 0.908. The van der Waals surface area contributed by atoms with Crippen molar-refractivity contribution in [2.75, 3.05) is 0 Å². The lowest BCUT2D eigenvalue weighted by molar-refractivity contribution is 0.413. The van der Waals surface area contributed by atoms with E-state index in [1.54, 1.807) is 10.9 Å². The molecule has 0 aliphatic carbocycles. The number of ether oxygens (including phenoxy) is 1. The highest BCUT2D eigenvalue weighted by Gasteiger charge is 2.08. The highest BCUT2D eigenvalue weighted by molar-refractivity contribution is 9.11. The first-order valence-electron chi connectivity index (χ1n) is 4.56. The monoisotopic (exact) mass is 345 g/mol. The van der Waals surface area contributed by atoms with Crippen LogP contribution in [0, 0.1) is 6.92 Å². The fourth-order valence-corrected chi connectivity index (χ4v) is 2.33. The van der Waals surface area contributed by atoms with Gasteiger partial charge in [0.25, 0.3) is 0 Å². The molecule has 0 bridgehead atoms. The van der Waals surface area contributed by atoms with Gasteiger partial charge in [0.05, 0.1) is 10.2 Å². The fraction of sp³-hybridized carbons (Fsp3) is 0.200. The number of hydrogen-bond donors (Lipinski definition) is 0. The van der Waals surface area contributed by atoms with Gasteiger partial charge in [0.1, 0.15) is 0 Å². The molecule has 0 aliphatic heterocycles. The van der Waals surface area contributed by atoms with E-state index in [1.807, 2.05) is 26.1 Å². The van der Waals surface area contributed by atoms with Crippen LogP contribution in [0.2, 0.25) is 0 Å². The van der Waals surface area contributed by atoms with Crippen molar-refractivity contribution in [1.82, 2.24) is 14.8 Å². The SMILES string of the molecule is Cc1cc(Oc2ncc(Br)cc2Br)n(C)n1. The first-order valence-corrected chi connectivity index (χ1v) is 6.14. The summed E-state index contributed by atoms with van der Waals surface area (Å²) in [7, 11) is 1.83. The summed E-state index contributed by atoms with van der Waals surface area (Å²) in [6, 6.07) is 3.74. The van der Waals surface area contributed by atoms with E-state index >= 15 is 0 Å². The summed E-state index contributed by atoms with van der Waals surface area (Å²) in [6.07, 6.45) is 1.68. The smallest absolute Gasteiger partial charge is 0.235 e. The van der Waals surface area contributed by atoms with Crippen molar-refractivity contribution >= 4 is 31.9 Å². The molecule has 0 saturated carbocycles. The molecule has 0 radical (unpaired) electrons. The van der Waals surface area contributed by atoms with Crippen molar-refractivity contribution in [3.8, 4) is 11.8 Å². The minimum Gasteiger partial charge on any atom is -0.420 e. The standard InChI is InChI=1S/C10H9Br2N3O/c1-6-3-9(15(2)14-6)16-10-8(12)4-7(11)5-13-10/h3-5H,1-2H3. The zero-order valence-electron chi connectivity index (χ0n) is 8.74. The Labute approximate surface area is 110 Å². The predicted octanol–water partition coefficient (Wildman–Crippen LogP) is 3.44. The number of rotatable bonds is 2. The second kappa shape index (κ2) is 4.55. The lowest BCUT2D eigenvalue weighted by atomic mass is 10.5. The quantitative estimate of drug-likeness (QED) is 0.836. The molecule has 16 heavy (non-hydrogen) atoms. The van der Waals surface area contributed by atoms with E-state index in [0.717, 1.165) is 14.6 Å². The topological polar surface area (TPSA) is 39.9 Å². The van der Waals surface area contributed by atoms with Crippen LogP contribution in [0.5, 0.6) is 11.8 Å². The summed E-state index contributed by atoms with van der Waals surface area (Å²) in [5, 5.41) is 4.19. The maximum absolute atomic E-state index is 5.64. The van der Waals surface area contributed by atoms with Gasteiger partial charge in [-0.05, 0) is 44.8 Å². The predicted molar refractivity (Wildman–Crippen MR) is 67.7 cm³/mol. The zero-order chi connectivity index (χ0) is 11.7. The van der Waals surface area contributed by atoms with E-state index in [2.05, 4.69) is 41.9 Å². The molecule has 0 fully saturated rings. The summed E-state index contributed by atoms with van der Waals surface area (Å²) in [5.74, 6) is 1.18. The molecule has 0 atom stereocenters. The van der Waals surface area contributed by atoms with E-state index in [4.69, 9.17) is 4.74 Å². The first kappa shape index (κ1) is 11.6. The molecule has 2 aromatic heterocycles. The van der Waals surface area contributed by atoms with Crippen molar-refractivity contribution in [3.05, 3.63) is 33.0 Å². The average Bonchev–Trinajstić information content (AvgIpc) is 2.50. The van der Waals surface area contributed by atoms with Crippen molar-refractivity contribution < 1.29 is 4.74 Å². The maximum atomic E-state index is 5.64. The van der Waals surface area contributed by atoms with Gasteiger partial charge in [0, 0.05) is 23.8 Å². The Kier molecular flexibility index (Phi) is 3.30. The third-order valence-corrected chi connectivity index (χ3v) is 2.94. The fourth-order valence-electron chi connectivity index (χ4n) is 1.26. The van der Waals surface area contributed by atoms with Crippen molar-refractivity contribution in [1.29, 1.82) is 0 Å². The van der Waals surface area contributed by atoms with Gasteiger partial charge in [-0.1, -0.05) is 0 Å². The number of aromatic nitrogens is 3. The Hall–Kier alpha value is -0.880. The molecule has 0 aliphatic rings. The van der Waals surface area contributed by atoms with Gasteiger partial charge in [0.2, 0.25) is 11.8 Å². The van der Waals surface area contributed by atoms with Crippen LogP contribution in [0.1, 0.15) is 5.69 Å². The van der Waals surface area contributed by atoms with E-state index in [9.17, 15) is 0 Å². The normalized spacial score (nSPS) is 10.5. The van der Waals surface area contributed by atoms with Crippen LogP contribution < -0.4 is 4.74 Å². The molecule has 0 saturated heterocycles. The maximum Gasteiger partial charge on any atom is 0.235 e. The van der Waals surface area contributed by atoms with E-state index in [1.165, 1.54) is 0 Å². The summed E-state index contributed by atoms with van der Waals surface area (Å²) < 4.78 is 9.00. The largest absolute Gasteiger partial charge is 0.420 e. The molecule has 0 amide bonds. The van der Waals surface area contributed by atoms with Crippen LogP contribution in [0.3, 0.4) is 0 Å². The Balaban J connectivity index is 2.30. The van der Waals surface area contributed by atoms with Crippen LogP contribution in [-0.4, -0.2) is 14.8 Å². The summed E-state index contributed by atoms with van der Waals surface area (Å²) in [4.78, 5) is 4.17. The molecule has 0 N–H and O–H groups in total. The van der Waals surface area contributed by atoms with Crippen LogP contribution in [0.4, 0.5) is 0 Å². The molecule has 0 aromatic carbocycles. The molecular formula is C10H9Br2N3O. The zero-order valence-corrected chi connectivity index (χ0v) is 11.9. The van der Waals surface area contributed by atoms with E-state index < -0.39 is 0 Å².